The highest BCUT2D eigenvalue weighted by atomic mass is 32.1. The molecule has 78 valence electrons. The van der Waals surface area contributed by atoms with E-state index in [1.165, 1.54) is 17.8 Å². The molecule has 0 saturated carbocycles. The zero-order valence-corrected chi connectivity index (χ0v) is 9.18. The Morgan fingerprint density at radius 3 is 3.20 bits per heavy atom. The van der Waals surface area contributed by atoms with Gasteiger partial charge in [0.25, 0.3) is 0 Å². The van der Waals surface area contributed by atoms with Crippen LogP contribution in [0, 0.1) is 0 Å². The number of thiazole rings is 1. The Balaban J connectivity index is 1.87. The van der Waals surface area contributed by atoms with Crippen molar-refractivity contribution in [1.29, 1.82) is 0 Å². The lowest BCUT2D eigenvalue weighted by atomic mass is 10.2. The number of rotatable bonds is 2. The largest absolute Gasteiger partial charge is 0.360 e. The molecule has 2 aromatic rings. The number of hydrogen-bond donors (Lipinski definition) is 2. The molecule has 3 nitrogen and oxygen atoms in total. The maximum absolute atomic E-state index is 4.66. The molecule has 1 unspecified atom stereocenters. The van der Waals surface area contributed by atoms with Crippen molar-refractivity contribution in [2.45, 2.75) is 18.9 Å². The minimum absolute atomic E-state index is 0.485. The minimum Gasteiger partial charge on any atom is -0.360 e. The summed E-state index contributed by atoms with van der Waals surface area (Å²) < 4.78 is 0. The summed E-state index contributed by atoms with van der Waals surface area (Å²) in [4.78, 5) is 7.84. The molecule has 0 amide bonds. The van der Waals surface area contributed by atoms with Gasteiger partial charge in [-0.05, 0) is 31.5 Å². The SMILES string of the molecule is c1c[nH]c(-c2csc(C3CCCN3)n2)c1. The normalized spacial score (nSPS) is 20.9. The van der Waals surface area contributed by atoms with Crippen molar-refractivity contribution in [3.05, 3.63) is 28.7 Å². The highest BCUT2D eigenvalue weighted by Gasteiger charge is 2.19. The van der Waals surface area contributed by atoms with Crippen molar-refractivity contribution >= 4 is 11.3 Å². The number of nitrogens with one attached hydrogen (secondary N) is 2. The third-order valence-electron chi connectivity index (χ3n) is 2.75. The van der Waals surface area contributed by atoms with Crippen LogP contribution in [0.4, 0.5) is 0 Å². The van der Waals surface area contributed by atoms with Gasteiger partial charge in [0.2, 0.25) is 0 Å². The van der Waals surface area contributed by atoms with E-state index in [0.717, 1.165) is 17.9 Å². The predicted molar refractivity (Wildman–Crippen MR) is 61.9 cm³/mol. The van der Waals surface area contributed by atoms with Crippen LogP contribution in [0.5, 0.6) is 0 Å². The summed E-state index contributed by atoms with van der Waals surface area (Å²) in [7, 11) is 0. The molecule has 0 aromatic carbocycles. The second-order valence-corrected chi connectivity index (χ2v) is 4.69. The molecule has 1 saturated heterocycles. The number of H-pyrrole nitrogens is 1. The third kappa shape index (κ3) is 1.70. The van der Waals surface area contributed by atoms with Crippen LogP contribution in [0.2, 0.25) is 0 Å². The first-order valence-electron chi connectivity index (χ1n) is 5.26. The summed E-state index contributed by atoms with van der Waals surface area (Å²) in [6, 6.07) is 4.54. The highest BCUT2D eigenvalue weighted by Crippen LogP contribution is 2.28. The molecule has 1 atom stereocenters. The lowest BCUT2D eigenvalue weighted by molar-refractivity contribution is 0.643. The molecule has 3 rings (SSSR count). The van der Waals surface area contributed by atoms with Crippen LogP contribution in [0.25, 0.3) is 11.4 Å². The molecule has 0 aliphatic carbocycles. The molecule has 2 aromatic heterocycles. The summed E-state index contributed by atoms with van der Waals surface area (Å²) in [5, 5.41) is 6.81. The van der Waals surface area contributed by atoms with E-state index in [4.69, 9.17) is 0 Å². The second-order valence-electron chi connectivity index (χ2n) is 3.80. The number of aromatic nitrogens is 2. The van der Waals surface area contributed by atoms with E-state index in [1.807, 2.05) is 12.3 Å². The molecule has 1 aliphatic heterocycles. The van der Waals surface area contributed by atoms with E-state index in [9.17, 15) is 0 Å². The van der Waals surface area contributed by atoms with E-state index in [-0.39, 0.29) is 0 Å². The average Bonchev–Trinajstić information content (AvgIpc) is 3.02. The Morgan fingerprint density at radius 1 is 1.47 bits per heavy atom. The number of aromatic amines is 1. The van der Waals surface area contributed by atoms with Gasteiger partial charge >= 0.3 is 0 Å². The van der Waals surface area contributed by atoms with Gasteiger partial charge in [-0.3, -0.25) is 0 Å². The first-order chi connectivity index (χ1) is 7.43. The van der Waals surface area contributed by atoms with Crippen LogP contribution in [-0.2, 0) is 0 Å². The molecule has 0 radical (unpaired) electrons. The Bertz CT molecular complexity index is 426. The van der Waals surface area contributed by atoms with Gasteiger partial charge < -0.3 is 10.3 Å². The predicted octanol–water partition coefficient (Wildman–Crippen LogP) is 2.56. The second kappa shape index (κ2) is 3.79. The molecule has 1 fully saturated rings. The summed E-state index contributed by atoms with van der Waals surface area (Å²) in [6.07, 6.45) is 4.42. The van der Waals surface area contributed by atoms with Crippen LogP contribution in [0.3, 0.4) is 0 Å². The van der Waals surface area contributed by atoms with Crippen LogP contribution >= 0.6 is 11.3 Å². The summed E-state index contributed by atoms with van der Waals surface area (Å²) in [5.74, 6) is 0. The van der Waals surface area contributed by atoms with Crippen molar-refractivity contribution in [2.75, 3.05) is 6.54 Å². The van der Waals surface area contributed by atoms with Gasteiger partial charge in [0.15, 0.2) is 0 Å². The maximum atomic E-state index is 4.66. The monoisotopic (exact) mass is 219 g/mol. The van der Waals surface area contributed by atoms with Crippen molar-refractivity contribution in [1.82, 2.24) is 15.3 Å². The average molecular weight is 219 g/mol. The standard InChI is InChI=1S/C11H13N3S/c1-3-8(12-5-1)10-7-15-11(14-10)9-4-2-6-13-9/h1,3,5,7,9,12-13H,2,4,6H2. The number of nitrogens with zero attached hydrogens (tertiary/aromatic N) is 1. The van der Waals surface area contributed by atoms with Crippen LogP contribution < -0.4 is 5.32 Å². The van der Waals surface area contributed by atoms with Crippen molar-refractivity contribution in [3.8, 4) is 11.4 Å². The smallest absolute Gasteiger partial charge is 0.110 e. The van der Waals surface area contributed by atoms with Crippen LogP contribution in [-0.4, -0.2) is 16.5 Å². The highest BCUT2D eigenvalue weighted by molar-refractivity contribution is 7.10. The molecule has 0 spiro atoms. The molecule has 2 N–H and O–H groups in total. The van der Waals surface area contributed by atoms with Gasteiger partial charge in [-0.25, -0.2) is 4.98 Å². The molecule has 4 heteroatoms. The van der Waals surface area contributed by atoms with Gasteiger partial charge in [-0.15, -0.1) is 11.3 Å². The first-order valence-corrected chi connectivity index (χ1v) is 6.14. The van der Waals surface area contributed by atoms with E-state index >= 15 is 0 Å². The fourth-order valence-corrected chi connectivity index (χ4v) is 2.88. The van der Waals surface area contributed by atoms with E-state index in [2.05, 4.69) is 26.7 Å². The molecule has 1 aliphatic rings. The van der Waals surface area contributed by atoms with Gasteiger partial charge in [0.05, 0.1) is 17.4 Å². The first kappa shape index (κ1) is 9.12. The van der Waals surface area contributed by atoms with Crippen molar-refractivity contribution in [2.24, 2.45) is 0 Å². The van der Waals surface area contributed by atoms with Gasteiger partial charge in [-0.1, -0.05) is 0 Å². The summed E-state index contributed by atoms with van der Waals surface area (Å²) in [5.41, 5.74) is 2.17. The lowest BCUT2D eigenvalue weighted by Gasteiger charge is -2.04. The Labute approximate surface area is 92.6 Å². The van der Waals surface area contributed by atoms with Crippen molar-refractivity contribution in [3.63, 3.8) is 0 Å². The molecule has 3 heterocycles. The maximum Gasteiger partial charge on any atom is 0.110 e. The molecule has 0 bridgehead atoms. The minimum atomic E-state index is 0.485. The van der Waals surface area contributed by atoms with Gasteiger partial charge in [0.1, 0.15) is 5.01 Å². The Hall–Kier alpha value is -1.13. The number of hydrogen-bond acceptors (Lipinski definition) is 3. The molecule has 15 heavy (non-hydrogen) atoms. The fourth-order valence-electron chi connectivity index (χ4n) is 1.96. The van der Waals surface area contributed by atoms with Gasteiger partial charge in [-0.2, -0.15) is 0 Å². The Kier molecular flexibility index (Phi) is 2.31. The molecular formula is C11H13N3S. The van der Waals surface area contributed by atoms with E-state index < -0.39 is 0 Å². The van der Waals surface area contributed by atoms with Crippen LogP contribution in [0.1, 0.15) is 23.9 Å². The van der Waals surface area contributed by atoms with E-state index in [0.29, 0.717) is 6.04 Å². The van der Waals surface area contributed by atoms with E-state index in [1.54, 1.807) is 11.3 Å². The third-order valence-corrected chi connectivity index (χ3v) is 3.71. The van der Waals surface area contributed by atoms with Gasteiger partial charge in [0, 0.05) is 11.6 Å². The Morgan fingerprint density at radius 2 is 2.47 bits per heavy atom. The quantitative estimate of drug-likeness (QED) is 0.815. The van der Waals surface area contributed by atoms with Crippen LogP contribution in [0.15, 0.2) is 23.7 Å². The lowest BCUT2D eigenvalue weighted by Crippen LogP contribution is -2.12. The zero-order valence-electron chi connectivity index (χ0n) is 8.36. The molecular weight excluding hydrogens is 206 g/mol. The topological polar surface area (TPSA) is 40.7 Å². The van der Waals surface area contributed by atoms with Crippen molar-refractivity contribution < 1.29 is 0 Å². The fraction of sp³-hybridized carbons (Fsp3) is 0.364. The zero-order chi connectivity index (χ0) is 10.1. The summed E-state index contributed by atoms with van der Waals surface area (Å²) >= 11 is 1.75. The summed E-state index contributed by atoms with van der Waals surface area (Å²) in [6.45, 7) is 1.13.